The summed E-state index contributed by atoms with van der Waals surface area (Å²) < 4.78 is 11.0. The zero-order valence-electron chi connectivity index (χ0n) is 17.2. The van der Waals surface area contributed by atoms with E-state index in [9.17, 15) is 0 Å². The summed E-state index contributed by atoms with van der Waals surface area (Å²) in [5.74, 6) is 1.71. The van der Waals surface area contributed by atoms with E-state index in [1.54, 1.807) is 14.2 Å². The predicted octanol–water partition coefficient (Wildman–Crippen LogP) is 4.07. The van der Waals surface area contributed by atoms with Crippen molar-refractivity contribution in [1.82, 2.24) is 10.6 Å². The first-order valence-electron chi connectivity index (χ1n) is 9.40. The lowest BCUT2D eigenvalue weighted by Crippen LogP contribution is -2.38. The minimum absolute atomic E-state index is 0. The van der Waals surface area contributed by atoms with Crippen LogP contribution >= 0.6 is 24.0 Å². The standard InChI is InChI=1S/C22H31N3O2.HI/c1-5-27-16-20-9-7-6-8-19(20)15-25-22(23-3)24-13-12-18-14-17(2)10-11-21(18)26-4;/h6-11,14H,5,12-13,15-16H2,1-4H3,(H2,23,24,25);1H. The molecule has 28 heavy (non-hydrogen) atoms. The fourth-order valence-corrected chi connectivity index (χ4v) is 2.90. The van der Waals surface area contributed by atoms with Crippen LogP contribution in [0.15, 0.2) is 47.5 Å². The van der Waals surface area contributed by atoms with Gasteiger partial charge in [0.25, 0.3) is 0 Å². The maximum atomic E-state index is 5.55. The third-order valence-electron chi connectivity index (χ3n) is 4.37. The highest BCUT2D eigenvalue weighted by Crippen LogP contribution is 2.19. The summed E-state index contributed by atoms with van der Waals surface area (Å²) in [6.07, 6.45) is 0.868. The van der Waals surface area contributed by atoms with Crippen LogP contribution in [-0.2, 0) is 24.3 Å². The van der Waals surface area contributed by atoms with E-state index in [0.717, 1.165) is 24.7 Å². The van der Waals surface area contributed by atoms with E-state index < -0.39 is 0 Å². The van der Waals surface area contributed by atoms with Crippen molar-refractivity contribution in [1.29, 1.82) is 0 Å². The van der Waals surface area contributed by atoms with Crippen molar-refractivity contribution in [2.45, 2.75) is 33.4 Å². The fraction of sp³-hybridized carbons (Fsp3) is 0.409. The summed E-state index contributed by atoms with van der Waals surface area (Å²) in [4.78, 5) is 4.32. The van der Waals surface area contributed by atoms with E-state index in [2.05, 4.69) is 46.8 Å². The minimum atomic E-state index is 0. The molecule has 0 saturated heterocycles. The van der Waals surface area contributed by atoms with Gasteiger partial charge in [0.15, 0.2) is 5.96 Å². The molecule has 0 atom stereocenters. The van der Waals surface area contributed by atoms with Crippen LogP contribution in [0, 0.1) is 6.92 Å². The molecule has 5 nitrogen and oxygen atoms in total. The van der Waals surface area contributed by atoms with Crippen LogP contribution in [0.3, 0.4) is 0 Å². The first-order chi connectivity index (χ1) is 13.2. The van der Waals surface area contributed by atoms with Crippen molar-refractivity contribution in [3.05, 3.63) is 64.7 Å². The molecule has 0 heterocycles. The maximum absolute atomic E-state index is 5.55. The summed E-state index contributed by atoms with van der Waals surface area (Å²) in [6.45, 7) is 6.93. The van der Waals surface area contributed by atoms with Crippen molar-refractivity contribution in [2.75, 3.05) is 27.3 Å². The molecule has 0 aliphatic carbocycles. The number of hydrogen-bond acceptors (Lipinski definition) is 3. The molecule has 154 valence electrons. The number of methoxy groups -OCH3 is 1. The van der Waals surface area contributed by atoms with Crippen LogP contribution in [0.5, 0.6) is 5.75 Å². The topological polar surface area (TPSA) is 54.9 Å². The molecule has 0 saturated carbocycles. The smallest absolute Gasteiger partial charge is 0.191 e. The van der Waals surface area contributed by atoms with Gasteiger partial charge in [-0.2, -0.15) is 0 Å². The lowest BCUT2D eigenvalue weighted by atomic mass is 10.1. The van der Waals surface area contributed by atoms with Crippen LogP contribution in [-0.4, -0.2) is 33.3 Å². The number of benzene rings is 2. The normalized spacial score (nSPS) is 10.9. The van der Waals surface area contributed by atoms with Crippen LogP contribution in [0.2, 0.25) is 0 Å². The number of rotatable bonds is 9. The van der Waals surface area contributed by atoms with E-state index in [-0.39, 0.29) is 24.0 Å². The van der Waals surface area contributed by atoms with Crippen LogP contribution in [0.1, 0.15) is 29.2 Å². The molecule has 0 radical (unpaired) electrons. The van der Waals surface area contributed by atoms with Gasteiger partial charge in [-0.25, -0.2) is 0 Å². The molecular formula is C22H32IN3O2. The van der Waals surface area contributed by atoms with Gasteiger partial charge in [0.2, 0.25) is 0 Å². The Morgan fingerprint density at radius 3 is 2.46 bits per heavy atom. The van der Waals surface area contributed by atoms with Gasteiger partial charge in [0.05, 0.1) is 13.7 Å². The SMILES string of the molecule is CCOCc1ccccc1CNC(=NC)NCCc1cc(C)ccc1OC.I. The number of hydrogen-bond donors (Lipinski definition) is 2. The van der Waals surface area contributed by atoms with E-state index in [1.165, 1.54) is 22.3 Å². The zero-order valence-corrected chi connectivity index (χ0v) is 19.6. The Morgan fingerprint density at radius 2 is 1.79 bits per heavy atom. The van der Waals surface area contributed by atoms with Crippen LogP contribution in [0.25, 0.3) is 0 Å². The molecule has 0 aliphatic rings. The van der Waals surface area contributed by atoms with E-state index in [1.807, 2.05) is 25.1 Å². The third kappa shape index (κ3) is 7.67. The molecule has 0 bridgehead atoms. The van der Waals surface area contributed by atoms with Gasteiger partial charge in [-0.15, -0.1) is 24.0 Å². The lowest BCUT2D eigenvalue weighted by molar-refractivity contribution is 0.133. The molecule has 2 aromatic rings. The number of aryl methyl sites for hydroxylation is 1. The molecule has 0 aliphatic heterocycles. The first-order valence-corrected chi connectivity index (χ1v) is 9.40. The van der Waals surface area contributed by atoms with Gasteiger partial charge >= 0.3 is 0 Å². The molecule has 0 amide bonds. The summed E-state index contributed by atoms with van der Waals surface area (Å²) in [5.41, 5.74) is 4.85. The number of aliphatic imine (C=N–C) groups is 1. The predicted molar refractivity (Wildman–Crippen MR) is 127 cm³/mol. The van der Waals surface area contributed by atoms with Gasteiger partial charge < -0.3 is 20.1 Å². The van der Waals surface area contributed by atoms with Crippen molar-refractivity contribution in [3.63, 3.8) is 0 Å². The second kappa shape index (κ2) is 13.4. The minimum Gasteiger partial charge on any atom is -0.496 e. The van der Waals surface area contributed by atoms with Crippen molar-refractivity contribution in [2.24, 2.45) is 4.99 Å². The Kier molecular flexibility index (Phi) is 11.6. The van der Waals surface area contributed by atoms with Gasteiger partial charge in [-0.05, 0) is 43.0 Å². The molecule has 6 heteroatoms. The average Bonchev–Trinajstić information content (AvgIpc) is 2.69. The maximum Gasteiger partial charge on any atom is 0.191 e. The van der Waals surface area contributed by atoms with E-state index in [4.69, 9.17) is 9.47 Å². The molecule has 2 N–H and O–H groups in total. The average molecular weight is 497 g/mol. The molecule has 0 aromatic heterocycles. The van der Waals surface area contributed by atoms with Gasteiger partial charge in [-0.1, -0.05) is 42.0 Å². The highest BCUT2D eigenvalue weighted by Gasteiger charge is 2.06. The Hall–Kier alpha value is -1.80. The summed E-state index contributed by atoms with van der Waals surface area (Å²) >= 11 is 0. The number of nitrogens with one attached hydrogen (secondary N) is 2. The second-order valence-corrected chi connectivity index (χ2v) is 6.32. The number of ether oxygens (including phenoxy) is 2. The Balaban J connectivity index is 0.00000392. The van der Waals surface area contributed by atoms with Crippen LogP contribution < -0.4 is 15.4 Å². The summed E-state index contributed by atoms with van der Waals surface area (Å²) in [6, 6.07) is 14.6. The monoisotopic (exact) mass is 497 g/mol. The van der Waals surface area contributed by atoms with E-state index >= 15 is 0 Å². The first kappa shape index (κ1) is 24.2. The molecule has 2 rings (SSSR count). The third-order valence-corrected chi connectivity index (χ3v) is 4.37. The number of halogens is 1. The zero-order chi connectivity index (χ0) is 19.5. The van der Waals surface area contributed by atoms with Crippen molar-refractivity contribution >= 4 is 29.9 Å². The molecule has 2 aromatic carbocycles. The van der Waals surface area contributed by atoms with Gasteiger partial charge in [0, 0.05) is 26.7 Å². The molecular weight excluding hydrogens is 465 g/mol. The van der Waals surface area contributed by atoms with Crippen LogP contribution in [0.4, 0.5) is 0 Å². The number of guanidine groups is 1. The lowest BCUT2D eigenvalue weighted by Gasteiger charge is -2.15. The van der Waals surface area contributed by atoms with Gasteiger partial charge in [-0.3, -0.25) is 4.99 Å². The Morgan fingerprint density at radius 1 is 1.04 bits per heavy atom. The van der Waals surface area contributed by atoms with E-state index in [0.29, 0.717) is 19.8 Å². The highest BCUT2D eigenvalue weighted by molar-refractivity contribution is 14.0. The van der Waals surface area contributed by atoms with Crippen molar-refractivity contribution in [3.8, 4) is 5.75 Å². The Labute approximate surface area is 186 Å². The second-order valence-electron chi connectivity index (χ2n) is 6.32. The van der Waals surface area contributed by atoms with Gasteiger partial charge in [0.1, 0.15) is 5.75 Å². The largest absolute Gasteiger partial charge is 0.496 e. The van der Waals surface area contributed by atoms with Crippen molar-refractivity contribution < 1.29 is 9.47 Å². The fourth-order valence-electron chi connectivity index (χ4n) is 2.90. The highest BCUT2D eigenvalue weighted by atomic mass is 127. The Bertz CT molecular complexity index is 750. The quantitative estimate of drug-likeness (QED) is 0.312. The molecule has 0 fully saturated rings. The summed E-state index contributed by atoms with van der Waals surface area (Å²) in [7, 11) is 3.50. The molecule has 0 spiro atoms. The summed E-state index contributed by atoms with van der Waals surface area (Å²) in [5, 5.41) is 6.75. The number of nitrogens with zero attached hydrogens (tertiary/aromatic N) is 1. The molecule has 0 unspecified atom stereocenters.